The number of halogens is 1. The minimum Gasteiger partial charge on any atom is -0.481 e. The molecule has 6 rings (SSSR count). The summed E-state index contributed by atoms with van der Waals surface area (Å²) in [5, 5.41) is 23.7. The highest BCUT2D eigenvalue weighted by Crippen LogP contribution is 2.34. The Balaban J connectivity index is 1.03. The van der Waals surface area contributed by atoms with Gasteiger partial charge in [0.05, 0.1) is 63.3 Å². The van der Waals surface area contributed by atoms with Crippen LogP contribution in [-0.2, 0) is 55.9 Å². The van der Waals surface area contributed by atoms with Crippen molar-refractivity contribution in [2.75, 3.05) is 77.8 Å². The van der Waals surface area contributed by atoms with Crippen molar-refractivity contribution in [1.82, 2.24) is 36.1 Å². The monoisotopic (exact) mass is 1290 g/mol. The number of ether oxygens (including phenoxy) is 4. The van der Waals surface area contributed by atoms with Crippen LogP contribution in [0.25, 0.3) is 12.2 Å². The highest BCUT2D eigenvalue weighted by Gasteiger charge is 2.40. The molecule has 92 heavy (non-hydrogen) atoms. The Morgan fingerprint density at radius 2 is 1.47 bits per heavy atom. The van der Waals surface area contributed by atoms with E-state index in [1.54, 1.807) is 36.3 Å². The predicted molar refractivity (Wildman–Crippen MR) is 355 cm³/mol. The number of aliphatic carboxylic acids is 1. The normalized spacial score (nSPS) is 16.1. The van der Waals surface area contributed by atoms with Crippen molar-refractivity contribution in [2.24, 2.45) is 17.3 Å². The van der Waals surface area contributed by atoms with E-state index in [4.69, 9.17) is 23.9 Å². The van der Waals surface area contributed by atoms with E-state index in [1.807, 2.05) is 99.1 Å². The number of carbonyl (C=O) groups is 7. The molecule has 3 aromatic carbocycles. The Hall–Kier alpha value is -7.11. The van der Waals surface area contributed by atoms with Crippen LogP contribution in [0.4, 0.5) is 14.9 Å². The van der Waals surface area contributed by atoms with Gasteiger partial charge >= 0.3 is 12.1 Å². The van der Waals surface area contributed by atoms with Crippen LogP contribution in [0.5, 0.6) is 0 Å². The fraction of sp³-hybridized carbons (Fsp3) is 0.571. The molecular weight excluding hydrogens is 1200 g/mol. The SMILES string of the molecule is CCCCCCN(C(=O)[C@@H](NC(=O)[C@H]1CCCCN1C)[C@@H](C)CC)[C@H](C[C@@H](OC(=O)NCCOCCOCCOCCNC(=O)CCC(=O)N1Cc2ccccc2/C=C\c2ccccc21)c1nc(C(=O)N[C@@H](Cc2ccc(F)cc2)CC(C)(C)C(=O)O)cs1)C(C)C. The first-order valence-electron chi connectivity index (χ1n) is 32.8. The van der Waals surface area contributed by atoms with E-state index in [0.717, 1.165) is 72.4 Å². The lowest BCUT2D eigenvalue weighted by molar-refractivity contribution is -0.147. The molecule has 504 valence electrons. The molecule has 0 aliphatic carbocycles. The number of hydrogen-bond acceptors (Lipinski definition) is 14. The van der Waals surface area contributed by atoms with Gasteiger partial charge in [-0.3, -0.25) is 33.7 Å². The van der Waals surface area contributed by atoms with Crippen molar-refractivity contribution in [3.05, 3.63) is 117 Å². The fourth-order valence-corrected chi connectivity index (χ4v) is 12.3. The van der Waals surface area contributed by atoms with E-state index < -0.39 is 53.4 Å². The topological polar surface area (TPSA) is 247 Å². The zero-order valence-electron chi connectivity index (χ0n) is 55.2. The molecule has 0 radical (unpaired) electrons. The van der Waals surface area contributed by atoms with Crippen molar-refractivity contribution in [3.8, 4) is 0 Å². The van der Waals surface area contributed by atoms with Gasteiger partial charge in [0.25, 0.3) is 5.91 Å². The number of rotatable bonds is 38. The molecule has 0 saturated carbocycles. The van der Waals surface area contributed by atoms with E-state index in [2.05, 4.69) is 34.3 Å². The molecule has 6 atom stereocenters. The van der Waals surface area contributed by atoms with E-state index in [1.165, 1.54) is 12.1 Å². The highest BCUT2D eigenvalue weighted by atomic mass is 32.1. The third kappa shape index (κ3) is 23.5. The van der Waals surface area contributed by atoms with Gasteiger partial charge in [0.15, 0.2) is 6.10 Å². The average molecular weight is 1300 g/mol. The van der Waals surface area contributed by atoms with Crippen LogP contribution in [0, 0.1) is 23.1 Å². The predicted octanol–water partition coefficient (Wildman–Crippen LogP) is 10.4. The molecule has 1 fully saturated rings. The maximum absolute atomic E-state index is 15.3. The second-order valence-corrected chi connectivity index (χ2v) is 25.9. The fourth-order valence-electron chi connectivity index (χ4n) is 11.4. The lowest BCUT2D eigenvalue weighted by atomic mass is 9.84. The summed E-state index contributed by atoms with van der Waals surface area (Å²) in [6, 6.07) is 19.1. The van der Waals surface area contributed by atoms with Gasteiger partial charge in [-0.1, -0.05) is 133 Å². The molecule has 1 aromatic heterocycles. The number of benzene rings is 3. The number of carbonyl (C=O) groups excluding carboxylic acids is 6. The first kappa shape index (κ1) is 73.9. The molecule has 6 amide bonds. The molecule has 4 aromatic rings. The van der Waals surface area contributed by atoms with Crippen LogP contribution >= 0.6 is 11.3 Å². The Morgan fingerprint density at radius 1 is 0.804 bits per heavy atom. The Labute approximate surface area is 547 Å². The molecule has 5 N–H and O–H groups in total. The number of thiazole rings is 1. The number of para-hydroxylation sites is 1. The first-order valence-corrected chi connectivity index (χ1v) is 33.7. The number of nitrogens with zero attached hydrogens (tertiary/aromatic N) is 4. The molecule has 1 saturated heterocycles. The molecule has 2 aliphatic rings. The lowest BCUT2D eigenvalue weighted by Crippen LogP contribution is -2.59. The molecule has 0 bridgehead atoms. The number of hydrogen-bond donors (Lipinski definition) is 5. The molecule has 0 spiro atoms. The van der Waals surface area contributed by atoms with Gasteiger partial charge in [0.2, 0.25) is 23.6 Å². The van der Waals surface area contributed by atoms with Gasteiger partial charge in [-0.05, 0) is 112 Å². The van der Waals surface area contributed by atoms with Gasteiger partial charge in [0, 0.05) is 56.4 Å². The summed E-state index contributed by atoms with van der Waals surface area (Å²) in [6.45, 7) is 16.6. The van der Waals surface area contributed by atoms with E-state index in [9.17, 15) is 38.3 Å². The summed E-state index contributed by atoms with van der Waals surface area (Å²) in [7, 11) is 1.94. The number of carboxylic acids is 1. The van der Waals surface area contributed by atoms with E-state index in [-0.39, 0.29) is 132 Å². The van der Waals surface area contributed by atoms with Crippen LogP contribution < -0.4 is 26.2 Å². The van der Waals surface area contributed by atoms with E-state index >= 15 is 4.79 Å². The number of likely N-dealkylation sites (tertiary alicyclic amines) is 1. The van der Waals surface area contributed by atoms with Crippen molar-refractivity contribution >= 4 is 70.8 Å². The second-order valence-electron chi connectivity index (χ2n) is 25.0. The van der Waals surface area contributed by atoms with Gasteiger partial charge < -0.3 is 55.1 Å². The first-order chi connectivity index (χ1) is 44.2. The van der Waals surface area contributed by atoms with Gasteiger partial charge in [-0.25, -0.2) is 14.2 Å². The third-order valence-electron chi connectivity index (χ3n) is 17.1. The van der Waals surface area contributed by atoms with Crippen molar-refractivity contribution in [2.45, 2.75) is 169 Å². The number of fused-ring (bicyclic) bond motifs is 2. The van der Waals surface area contributed by atoms with Gasteiger partial charge in [0.1, 0.15) is 22.6 Å². The number of carboxylic acid groups (broad SMARTS) is 1. The number of nitrogens with one attached hydrogen (secondary N) is 4. The lowest BCUT2D eigenvalue weighted by Gasteiger charge is -2.40. The summed E-state index contributed by atoms with van der Waals surface area (Å²) >= 11 is 1.11. The van der Waals surface area contributed by atoms with Crippen molar-refractivity contribution in [1.29, 1.82) is 0 Å². The summed E-state index contributed by atoms with van der Waals surface area (Å²) in [4.78, 5) is 106. The molecular formula is C70H99FN8O12S. The molecule has 20 nitrogen and oxygen atoms in total. The largest absolute Gasteiger partial charge is 0.481 e. The van der Waals surface area contributed by atoms with Crippen molar-refractivity contribution < 1.29 is 62.0 Å². The number of alkyl carbamates (subject to hydrolysis) is 1. The third-order valence-corrected chi connectivity index (χ3v) is 18.0. The summed E-state index contributed by atoms with van der Waals surface area (Å²) in [6.07, 6.45) is 9.47. The van der Waals surface area contributed by atoms with E-state index in [0.29, 0.717) is 42.9 Å². The number of amides is 6. The van der Waals surface area contributed by atoms with Gasteiger partial charge in [-0.2, -0.15) is 0 Å². The summed E-state index contributed by atoms with van der Waals surface area (Å²) in [5.41, 5.74) is 3.27. The van der Waals surface area contributed by atoms with Crippen LogP contribution in [0.2, 0.25) is 0 Å². The van der Waals surface area contributed by atoms with Crippen LogP contribution in [0.3, 0.4) is 0 Å². The number of likely N-dealkylation sites (N-methyl/N-ethyl adjacent to an activating group) is 1. The maximum Gasteiger partial charge on any atom is 0.407 e. The smallest absolute Gasteiger partial charge is 0.407 e. The molecule has 2 aliphatic heterocycles. The maximum atomic E-state index is 15.3. The Kier molecular flexibility index (Phi) is 30.7. The average Bonchev–Trinajstić information content (AvgIpc) is 1.00. The minimum atomic E-state index is -1.23. The van der Waals surface area contributed by atoms with Crippen LogP contribution in [0.15, 0.2) is 78.2 Å². The number of aromatic nitrogens is 1. The molecule has 3 heterocycles. The standard InChI is InChI=1S/C70H99FN8O12S/c1-9-11-12-18-36-78(67(84)63(49(5)10-2)76-65(83)58-24-17-19-35-77(58)8)59(48(3)4)44-60(66-75-56(47-92-66)64(82)74-55(45-70(6,7)68(85)86)43-50-25-29-54(71)30-26-50)91-69(87)73-34-38-89-40-42-90-41-39-88-37-33-72-61(80)31-32-62(81)79-46-53-22-14-13-20-51(53)27-28-52-21-15-16-23-57(52)79/h13-16,20-23,25-30,47-49,55,58-60,63H,9-12,17-19,24,31-46H2,1-8H3,(H,72,80)(H,73,87)(H,74,82)(H,76,83)(H,85,86)/b28-27-/t49-,55-,58+,59+,60+,63-/m0/s1. The Morgan fingerprint density at radius 3 is 2.14 bits per heavy atom. The number of unbranched alkanes of at least 4 members (excludes halogenated alkanes) is 3. The number of anilines is 1. The zero-order chi connectivity index (χ0) is 66.6. The van der Waals surface area contributed by atoms with Crippen LogP contribution in [0.1, 0.15) is 169 Å². The van der Waals surface area contributed by atoms with Crippen LogP contribution in [-0.4, -0.2) is 159 Å². The van der Waals surface area contributed by atoms with Gasteiger partial charge in [-0.15, -0.1) is 11.3 Å². The number of piperidine rings is 1. The quantitative estimate of drug-likeness (QED) is 0.0262. The second kappa shape index (κ2) is 38.2. The Bertz CT molecular complexity index is 3030. The zero-order valence-corrected chi connectivity index (χ0v) is 56.0. The highest BCUT2D eigenvalue weighted by molar-refractivity contribution is 7.09. The summed E-state index contributed by atoms with van der Waals surface area (Å²) < 4.78 is 37.2. The van der Waals surface area contributed by atoms with Crippen molar-refractivity contribution in [3.63, 3.8) is 0 Å². The summed E-state index contributed by atoms with van der Waals surface area (Å²) in [5.74, 6) is -3.21. The minimum absolute atomic E-state index is 0.0146. The molecule has 0 unspecified atom stereocenters. The molecule has 22 heteroatoms.